The van der Waals surface area contributed by atoms with E-state index in [-0.39, 0.29) is 37.5 Å². The van der Waals surface area contributed by atoms with Crippen LogP contribution in [0, 0.1) is 0 Å². The van der Waals surface area contributed by atoms with Crippen molar-refractivity contribution in [1.82, 2.24) is 10.2 Å². The van der Waals surface area contributed by atoms with Gasteiger partial charge in [0.05, 0.1) is 25.4 Å². The van der Waals surface area contributed by atoms with E-state index in [2.05, 4.69) is 15.5 Å². The fraction of sp³-hybridized carbons (Fsp3) is 0.500. The summed E-state index contributed by atoms with van der Waals surface area (Å²) < 4.78 is 12.8. The number of amides is 2. The zero-order valence-electron chi connectivity index (χ0n) is 19.7. The number of aliphatic hydroxyl groups excluding tert-OH is 2. The van der Waals surface area contributed by atoms with Crippen LogP contribution in [-0.4, -0.2) is 59.5 Å². The lowest BCUT2D eigenvalue weighted by atomic mass is 9.99. The second-order valence-corrected chi connectivity index (χ2v) is 8.93. The van der Waals surface area contributed by atoms with Gasteiger partial charge in [0.2, 0.25) is 0 Å². The summed E-state index contributed by atoms with van der Waals surface area (Å²) in [6.07, 6.45) is 1.94. The third-order valence-corrected chi connectivity index (χ3v) is 6.52. The van der Waals surface area contributed by atoms with Crippen LogP contribution >= 0.6 is 0 Å². The molecule has 8 heteroatoms. The summed E-state index contributed by atoms with van der Waals surface area (Å²) in [5.74, 6) is 0. The monoisotopic (exact) mass is 469 g/mol. The van der Waals surface area contributed by atoms with Gasteiger partial charge in [-0.25, -0.2) is 4.79 Å². The zero-order valence-corrected chi connectivity index (χ0v) is 19.7. The molecule has 4 N–H and O–H groups in total. The van der Waals surface area contributed by atoms with E-state index >= 15 is 0 Å². The largest absolute Gasteiger partial charge is 0.395 e. The van der Waals surface area contributed by atoms with Gasteiger partial charge < -0.3 is 30.3 Å². The first-order valence-electron chi connectivity index (χ1n) is 12.1. The molecule has 34 heavy (non-hydrogen) atoms. The Hall–Kier alpha value is -2.49. The van der Waals surface area contributed by atoms with Crippen molar-refractivity contribution >= 4 is 11.7 Å². The maximum atomic E-state index is 12.0. The van der Waals surface area contributed by atoms with Gasteiger partial charge >= 0.3 is 6.03 Å². The van der Waals surface area contributed by atoms with Crippen LogP contribution in [0.2, 0.25) is 0 Å². The molecule has 2 saturated heterocycles. The summed E-state index contributed by atoms with van der Waals surface area (Å²) in [4.78, 5) is 14.3. The average Bonchev–Trinajstić information content (AvgIpc) is 3.31. The van der Waals surface area contributed by atoms with Crippen molar-refractivity contribution in [3.63, 3.8) is 0 Å². The molecule has 0 saturated carbocycles. The average molecular weight is 470 g/mol. The number of carbonyl (C=O) groups is 1. The van der Waals surface area contributed by atoms with Gasteiger partial charge in [0, 0.05) is 36.8 Å². The third kappa shape index (κ3) is 6.14. The van der Waals surface area contributed by atoms with Crippen molar-refractivity contribution in [2.24, 2.45) is 0 Å². The highest BCUT2D eigenvalue weighted by Crippen LogP contribution is 2.39. The van der Waals surface area contributed by atoms with Gasteiger partial charge in [-0.2, -0.15) is 0 Å². The minimum Gasteiger partial charge on any atom is -0.395 e. The number of hydrogen-bond donors (Lipinski definition) is 4. The van der Waals surface area contributed by atoms with Crippen molar-refractivity contribution in [3.05, 3.63) is 65.2 Å². The molecule has 2 aromatic carbocycles. The van der Waals surface area contributed by atoms with E-state index in [1.54, 1.807) is 0 Å². The molecule has 2 fully saturated rings. The quantitative estimate of drug-likeness (QED) is 0.473. The molecule has 2 aliphatic heterocycles. The Labute approximate surface area is 200 Å². The SMILES string of the molecule is CCNC(=O)Nc1cccc([C@H]2O[C@@H](CN3CCC[C@H]3CO)C[C@@H](c3ccc(CO)cc3)O2)c1. The smallest absolute Gasteiger partial charge is 0.319 e. The predicted octanol–water partition coefficient (Wildman–Crippen LogP) is 3.32. The summed E-state index contributed by atoms with van der Waals surface area (Å²) in [6.45, 7) is 4.26. The molecule has 2 heterocycles. The molecule has 4 atom stereocenters. The predicted molar refractivity (Wildman–Crippen MR) is 129 cm³/mol. The van der Waals surface area contributed by atoms with Crippen LogP contribution in [0.1, 0.15) is 55.3 Å². The molecule has 0 aromatic heterocycles. The number of likely N-dealkylation sites (tertiary alicyclic amines) is 1. The van der Waals surface area contributed by atoms with E-state index in [0.29, 0.717) is 18.7 Å². The second kappa shape index (κ2) is 11.8. The summed E-state index contributed by atoms with van der Waals surface area (Å²) in [5.41, 5.74) is 3.39. The standard InChI is InChI=1S/C26H35N3O5/c1-2-27-26(32)28-21-6-3-5-20(13-21)25-33-23(15-29-12-4-7-22(29)17-31)14-24(34-25)19-10-8-18(16-30)9-11-19/h3,5-6,8-11,13,22-25,30-31H,2,4,7,12,14-17H2,1H3,(H2,27,28,32)/t22-,23+,24-,25-/m0/s1. The summed E-state index contributed by atoms with van der Waals surface area (Å²) in [7, 11) is 0. The van der Waals surface area contributed by atoms with Crippen LogP contribution in [0.25, 0.3) is 0 Å². The van der Waals surface area contributed by atoms with Crippen molar-refractivity contribution in [2.45, 2.75) is 57.3 Å². The van der Waals surface area contributed by atoms with Gasteiger partial charge in [-0.1, -0.05) is 36.4 Å². The molecule has 2 amide bonds. The fourth-order valence-corrected chi connectivity index (χ4v) is 4.74. The van der Waals surface area contributed by atoms with Crippen molar-refractivity contribution in [3.8, 4) is 0 Å². The lowest BCUT2D eigenvalue weighted by Gasteiger charge is -2.38. The number of nitrogens with one attached hydrogen (secondary N) is 2. The van der Waals surface area contributed by atoms with Gasteiger partial charge in [-0.15, -0.1) is 0 Å². The molecule has 4 rings (SSSR count). The lowest BCUT2D eigenvalue weighted by molar-refractivity contribution is -0.253. The molecule has 184 valence electrons. The van der Waals surface area contributed by atoms with E-state index in [1.165, 1.54) is 0 Å². The number of aliphatic hydroxyl groups is 2. The second-order valence-electron chi connectivity index (χ2n) is 8.93. The van der Waals surface area contributed by atoms with Crippen LogP contribution in [0.3, 0.4) is 0 Å². The van der Waals surface area contributed by atoms with Crippen molar-refractivity contribution in [2.75, 3.05) is 31.6 Å². The van der Waals surface area contributed by atoms with E-state index < -0.39 is 6.29 Å². The zero-order chi connectivity index (χ0) is 23.9. The van der Waals surface area contributed by atoms with Gasteiger partial charge in [-0.3, -0.25) is 4.90 Å². The summed E-state index contributed by atoms with van der Waals surface area (Å²) in [5, 5.41) is 24.7. The minimum absolute atomic E-state index is 0.00305. The van der Waals surface area contributed by atoms with Crippen LogP contribution in [0.5, 0.6) is 0 Å². The molecule has 0 aliphatic carbocycles. The van der Waals surface area contributed by atoms with E-state index in [4.69, 9.17) is 9.47 Å². The molecule has 0 spiro atoms. The number of nitrogens with zero attached hydrogens (tertiary/aromatic N) is 1. The van der Waals surface area contributed by atoms with E-state index in [9.17, 15) is 15.0 Å². The number of rotatable bonds is 8. The van der Waals surface area contributed by atoms with Crippen LogP contribution < -0.4 is 10.6 Å². The van der Waals surface area contributed by atoms with Crippen LogP contribution in [0.15, 0.2) is 48.5 Å². The number of hydrogen-bond acceptors (Lipinski definition) is 6. The number of anilines is 1. The Morgan fingerprint density at radius 1 is 1.12 bits per heavy atom. The Morgan fingerprint density at radius 3 is 2.68 bits per heavy atom. The number of benzene rings is 2. The molecule has 2 aromatic rings. The molecule has 0 bridgehead atoms. The first kappa shape index (κ1) is 24.6. The van der Waals surface area contributed by atoms with Crippen molar-refractivity contribution in [1.29, 1.82) is 0 Å². The summed E-state index contributed by atoms with van der Waals surface area (Å²) in [6, 6.07) is 15.3. The maximum absolute atomic E-state index is 12.0. The Bertz CT molecular complexity index is 938. The van der Waals surface area contributed by atoms with Crippen LogP contribution in [-0.2, 0) is 16.1 Å². The van der Waals surface area contributed by atoms with Gasteiger partial charge in [0.25, 0.3) is 0 Å². The molecule has 0 unspecified atom stereocenters. The fourth-order valence-electron chi connectivity index (χ4n) is 4.74. The first-order chi connectivity index (χ1) is 16.6. The topological polar surface area (TPSA) is 103 Å². The first-order valence-corrected chi connectivity index (χ1v) is 12.1. The Balaban J connectivity index is 1.54. The number of carbonyl (C=O) groups excluding carboxylic acids is 1. The maximum Gasteiger partial charge on any atom is 0.319 e. The minimum atomic E-state index is -0.590. The number of ether oxygens (including phenoxy) is 2. The highest BCUT2D eigenvalue weighted by atomic mass is 16.7. The normalized spacial score (nSPS) is 25.3. The third-order valence-electron chi connectivity index (χ3n) is 6.52. The highest BCUT2D eigenvalue weighted by molar-refractivity contribution is 5.89. The Morgan fingerprint density at radius 2 is 1.94 bits per heavy atom. The van der Waals surface area contributed by atoms with E-state index in [1.807, 2.05) is 55.5 Å². The number of urea groups is 1. The molecular formula is C26H35N3O5. The molecular weight excluding hydrogens is 434 g/mol. The van der Waals surface area contributed by atoms with Crippen LogP contribution in [0.4, 0.5) is 10.5 Å². The van der Waals surface area contributed by atoms with Crippen molar-refractivity contribution < 1.29 is 24.5 Å². The molecule has 0 radical (unpaired) electrons. The summed E-state index contributed by atoms with van der Waals surface area (Å²) >= 11 is 0. The lowest BCUT2D eigenvalue weighted by Crippen LogP contribution is -2.42. The van der Waals surface area contributed by atoms with E-state index in [0.717, 1.165) is 42.6 Å². The van der Waals surface area contributed by atoms with Gasteiger partial charge in [0.15, 0.2) is 6.29 Å². The van der Waals surface area contributed by atoms with Gasteiger partial charge in [-0.05, 0) is 49.6 Å². The van der Waals surface area contributed by atoms with Gasteiger partial charge in [0.1, 0.15) is 0 Å². The molecule has 8 nitrogen and oxygen atoms in total. The highest BCUT2D eigenvalue weighted by Gasteiger charge is 2.35. The molecule has 2 aliphatic rings. The Kier molecular flexibility index (Phi) is 8.53.